The second-order valence-corrected chi connectivity index (χ2v) is 5.16. The molecule has 0 aliphatic heterocycles. The van der Waals surface area contributed by atoms with Crippen LogP contribution >= 0.6 is 0 Å². The van der Waals surface area contributed by atoms with Gasteiger partial charge in [0.25, 0.3) is 5.91 Å². The number of nitrogens with zero attached hydrogens (tertiary/aromatic N) is 2. The van der Waals surface area contributed by atoms with E-state index in [9.17, 15) is 9.18 Å². The summed E-state index contributed by atoms with van der Waals surface area (Å²) >= 11 is 0. The maximum absolute atomic E-state index is 13.7. The summed E-state index contributed by atoms with van der Waals surface area (Å²) in [6, 6.07) is 15.1. The Morgan fingerprint density at radius 3 is 2.62 bits per heavy atom. The summed E-state index contributed by atoms with van der Waals surface area (Å²) in [4.78, 5) is 12.2. The molecule has 0 saturated heterocycles. The Labute approximate surface area is 138 Å². The molecule has 0 bridgehead atoms. The molecular weight excluding hydrogens is 309 g/mol. The van der Waals surface area contributed by atoms with Crippen LogP contribution in [0.2, 0.25) is 0 Å². The summed E-state index contributed by atoms with van der Waals surface area (Å²) in [6.45, 7) is 0.476. The fraction of sp³-hybridized carbons (Fsp3) is 0.111. The van der Waals surface area contributed by atoms with Crippen LogP contribution in [0.5, 0.6) is 5.75 Å². The van der Waals surface area contributed by atoms with Crippen molar-refractivity contribution in [2.24, 2.45) is 0 Å². The van der Waals surface area contributed by atoms with Crippen LogP contribution in [0.15, 0.2) is 60.8 Å². The van der Waals surface area contributed by atoms with Gasteiger partial charge in [0.1, 0.15) is 17.4 Å². The lowest BCUT2D eigenvalue weighted by Gasteiger charge is -2.10. The fourth-order valence-electron chi connectivity index (χ4n) is 2.30. The molecule has 0 spiro atoms. The molecule has 1 N–H and O–H groups in total. The van der Waals surface area contributed by atoms with E-state index in [4.69, 9.17) is 4.74 Å². The Bertz CT molecular complexity index is 843. The van der Waals surface area contributed by atoms with Crippen LogP contribution in [0.3, 0.4) is 0 Å². The summed E-state index contributed by atoms with van der Waals surface area (Å²) in [5.74, 6) is 0.201. The van der Waals surface area contributed by atoms with Crippen molar-refractivity contribution in [2.75, 3.05) is 12.4 Å². The fourth-order valence-corrected chi connectivity index (χ4v) is 2.30. The molecule has 6 heteroatoms. The first-order valence-corrected chi connectivity index (χ1v) is 7.38. The molecule has 3 aromatic rings. The van der Waals surface area contributed by atoms with Crippen LogP contribution in [0, 0.1) is 5.82 Å². The largest absolute Gasteiger partial charge is 0.497 e. The van der Waals surface area contributed by atoms with E-state index in [1.807, 2.05) is 24.3 Å². The van der Waals surface area contributed by atoms with Gasteiger partial charge in [-0.25, -0.2) is 9.07 Å². The molecule has 24 heavy (non-hydrogen) atoms. The number of hydrogen-bond donors (Lipinski definition) is 1. The third kappa shape index (κ3) is 3.43. The summed E-state index contributed by atoms with van der Waals surface area (Å²) in [6.07, 6.45) is 1.58. The summed E-state index contributed by atoms with van der Waals surface area (Å²) in [5.41, 5.74) is 0.996. The van der Waals surface area contributed by atoms with Gasteiger partial charge in [0.15, 0.2) is 0 Å². The summed E-state index contributed by atoms with van der Waals surface area (Å²) < 4.78 is 20.5. The van der Waals surface area contributed by atoms with Gasteiger partial charge >= 0.3 is 0 Å². The highest BCUT2D eigenvalue weighted by molar-refractivity contribution is 6.03. The predicted molar refractivity (Wildman–Crippen MR) is 88.7 cm³/mol. The number of methoxy groups -OCH3 is 1. The molecule has 5 nitrogen and oxygen atoms in total. The quantitative estimate of drug-likeness (QED) is 0.783. The molecule has 0 fully saturated rings. The van der Waals surface area contributed by atoms with Crippen molar-refractivity contribution in [1.82, 2.24) is 9.78 Å². The molecule has 2 aromatic carbocycles. The molecule has 0 radical (unpaired) electrons. The summed E-state index contributed by atoms with van der Waals surface area (Å²) in [5, 5.41) is 6.89. The van der Waals surface area contributed by atoms with E-state index in [-0.39, 0.29) is 5.56 Å². The molecule has 0 atom stereocenters. The lowest BCUT2D eigenvalue weighted by atomic mass is 10.2. The lowest BCUT2D eigenvalue weighted by Crippen LogP contribution is -2.17. The molecule has 1 amide bonds. The Hall–Kier alpha value is -3.15. The minimum atomic E-state index is -0.559. The first-order valence-electron chi connectivity index (χ1n) is 7.38. The molecule has 0 saturated carbocycles. The molecule has 1 heterocycles. The van der Waals surface area contributed by atoms with E-state index in [1.165, 1.54) is 12.1 Å². The average molecular weight is 325 g/mol. The molecule has 0 aliphatic rings. The van der Waals surface area contributed by atoms with Gasteiger partial charge in [-0.15, -0.1) is 0 Å². The number of carbonyl (C=O) groups excluding carboxylic acids is 1. The van der Waals surface area contributed by atoms with Gasteiger partial charge in [0, 0.05) is 6.07 Å². The van der Waals surface area contributed by atoms with E-state index < -0.39 is 11.7 Å². The van der Waals surface area contributed by atoms with E-state index in [0.29, 0.717) is 12.4 Å². The molecule has 0 unspecified atom stereocenters. The normalized spacial score (nSPS) is 10.4. The highest BCUT2D eigenvalue weighted by Gasteiger charge is 2.13. The van der Waals surface area contributed by atoms with Gasteiger partial charge in [-0.3, -0.25) is 4.79 Å². The van der Waals surface area contributed by atoms with E-state index in [2.05, 4.69) is 10.4 Å². The molecule has 3 rings (SSSR count). The zero-order chi connectivity index (χ0) is 16.9. The third-order valence-corrected chi connectivity index (χ3v) is 3.57. The number of hydrogen-bond acceptors (Lipinski definition) is 3. The Balaban J connectivity index is 1.75. The van der Waals surface area contributed by atoms with Gasteiger partial charge in [-0.2, -0.15) is 5.10 Å². The van der Waals surface area contributed by atoms with Crippen molar-refractivity contribution in [3.8, 4) is 5.75 Å². The highest BCUT2D eigenvalue weighted by atomic mass is 19.1. The average Bonchev–Trinajstić information content (AvgIpc) is 3.02. The second-order valence-electron chi connectivity index (χ2n) is 5.16. The van der Waals surface area contributed by atoms with Gasteiger partial charge < -0.3 is 10.1 Å². The van der Waals surface area contributed by atoms with Gasteiger partial charge in [0.05, 0.1) is 25.4 Å². The minimum absolute atomic E-state index is 0.00491. The first-order chi connectivity index (χ1) is 11.7. The van der Waals surface area contributed by atoms with Crippen molar-refractivity contribution in [3.05, 3.63) is 77.7 Å². The number of rotatable bonds is 5. The monoisotopic (exact) mass is 325 g/mol. The van der Waals surface area contributed by atoms with Crippen molar-refractivity contribution in [2.45, 2.75) is 6.54 Å². The maximum atomic E-state index is 13.7. The minimum Gasteiger partial charge on any atom is -0.497 e. The number of carbonyl (C=O) groups is 1. The number of anilines is 1. The smallest absolute Gasteiger partial charge is 0.259 e. The number of benzene rings is 2. The van der Waals surface area contributed by atoms with Crippen molar-refractivity contribution in [3.63, 3.8) is 0 Å². The first kappa shape index (κ1) is 15.7. The number of ether oxygens (including phenoxy) is 1. The number of halogens is 1. The SMILES string of the molecule is COc1ccc(Cn2nccc2NC(=O)c2ccccc2F)cc1. The summed E-state index contributed by atoms with van der Waals surface area (Å²) in [7, 11) is 1.61. The van der Waals surface area contributed by atoms with Crippen molar-refractivity contribution < 1.29 is 13.9 Å². The van der Waals surface area contributed by atoms with Gasteiger partial charge in [-0.1, -0.05) is 24.3 Å². The van der Waals surface area contributed by atoms with Crippen molar-refractivity contribution in [1.29, 1.82) is 0 Å². The van der Waals surface area contributed by atoms with Gasteiger partial charge in [-0.05, 0) is 29.8 Å². The van der Waals surface area contributed by atoms with Gasteiger partial charge in [0.2, 0.25) is 0 Å². The maximum Gasteiger partial charge on any atom is 0.259 e. The van der Waals surface area contributed by atoms with Crippen LogP contribution in [-0.4, -0.2) is 22.8 Å². The second kappa shape index (κ2) is 6.95. The standard InChI is InChI=1S/C18H16FN3O2/c1-24-14-8-6-13(7-9-14)12-22-17(10-11-20-22)21-18(23)15-4-2-3-5-16(15)19/h2-11H,12H2,1H3,(H,21,23). The van der Waals surface area contributed by atoms with Crippen LogP contribution in [0.25, 0.3) is 0 Å². The van der Waals surface area contributed by atoms with Crippen LogP contribution in [0.4, 0.5) is 10.2 Å². The molecule has 122 valence electrons. The lowest BCUT2D eigenvalue weighted by molar-refractivity contribution is 0.102. The Kier molecular flexibility index (Phi) is 4.56. The van der Waals surface area contributed by atoms with Crippen molar-refractivity contribution >= 4 is 11.7 Å². The van der Waals surface area contributed by atoms with Crippen LogP contribution < -0.4 is 10.1 Å². The Morgan fingerprint density at radius 2 is 1.92 bits per heavy atom. The Morgan fingerprint density at radius 1 is 1.17 bits per heavy atom. The molecule has 0 aliphatic carbocycles. The zero-order valence-corrected chi connectivity index (χ0v) is 13.1. The van der Waals surface area contributed by atoms with E-state index >= 15 is 0 Å². The predicted octanol–water partition coefficient (Wildman–Crippen LogP) is 3.33. The van der Waals surface area contributed by atoms with E-state index in [1.54, 1.807) is 36.2 Å². The van der Waals surface area contributed by atoms with E-state index in [0.717, 1.165) is 11.3 Å². The molecule has 1 aromatic heterocycles. The number of aromatic nitrogens is 2. The molecular formula is C18H16FN3O2. The topological polar surface area (TPSA) is 56.1 Å². The van der Waals surface area contributed by atoms with Crippen LogP contribution in [-0.2, 0) is 6.54 Å². The third-order valence-electron chi connectivity index (χ3n) is 3.57. The number of nitrogens with one attached hydrogen (secondary N) is 1. The van der Waals surface area contributed by atoms with Crippen LogP contribution in [0.1, 0.15) is 15.9 Å². The highest BCUT2D eigenvalue weighted by Crippen LogP contribution is 2.16. The number of amides is 1. The zero-order valence-electron chi connectivity index (χ0n) is 13.1.